The van der Waals surface area contributed by atoms with Crippen molar-refractivity contribution in [1.29, 1.82) is 0 Å². The molecule has 3 aliphatic rings. The van der Waals surface area contributed by atoms with Crippen LogP contribution >= 0.6 is 11.6 Å². The molecule has 0 N–H and O–H groups in total. The van der Waals surface area contributed by atoms with Gasteiger partial charge in [0.15, 0.2) is 0 Å². The molecule has 1 aromatic rings. The summed E-state index contributed by atoms with van der Waals surface area (Å²) in [5.74, 6) is 2.47. The van der Waals surface area contributed by atoms with Crippen molar-refractivity contribution in [3.05, 3.63) is 17.0 Å². The van der Waals surface area contributed by atoms with Gasteiger partial charge in [-0.2, -0.15) is 0 Å². The molecule has 1 saturated carbocycles. The van der Waals surface area contributed by atoms with Crippen molar-refractivity contribution in [2.24, 2.45) is 0 Å². The summed E-state index contributed by atoms with van der Waals surface area (Å²) < 4.78 is 5.49. The van der Waals surface area contributed by atoms with Crippen LogP contribution < -0.4 is 4.90 Å². The van der Waals surface area contributed by atoms with Crippen LogP contribution in [0.15, 0.2) is 6.07 Å². The lowest BCUT2D eigenvalue weighted by Gasteiger charge is -2.53. The van der Waals surface area contributed by atoms with E-state index < -0.39 is 0 Å². The molecule has 90 valence electrons. The van der Waals surface area contributed by atoms with Crippen LogP contribution in [0.3, 0.4) is 0 Å². The van der Waals surface area contributed by atoms with Crippen LogP contribution in [0, 0.1) is 0 Å². The molecule has 2 bridgehead atoms. The Hall–Kier alpha value is -0.870. The van der Waals surface area contributed by atoms with E-state index in [4.69, 9.17) is 16.3 Å². The fraction of sp³-hybridized carbons (Fsp3) is 0.667. The minimum Gasteiger partial charge on any atom is -0.377 e. The van der Waals surface area contributed by atoms with Crippen LogP contribution in [0.2, 0.25) is 5.15 Å². The number of rotatable bonds is 2. The van der Waals surface area contributed by atoms with Gasteiger partial charge < -0.3 is 9.64 Å². The van der Waals surface area contributed by atoms with Crippen molar-refractivity contribution in [1.82, 2.24) is 9.97 Å². The van der Waals surface area contributed by atoms with Crippen LogP contribution in [-0.2, 0) is 4.74 Å². The molecule has 0 amide bonds. The van der Waals surface area contributed by atoms with E-state index in [1.807, 2.05) is 6.07 Å². The van der Waals surface area contributed by atoms with Crippen molar-refractivity contribution < 1.29 is 4.74 Å². The molecule has 0 radical (unpaired) electrons. The topological polar surface area (TPSA) is 38.2 Å². The lowest BCUT2D eigenvalue weighted by molar-refractivity contribution is 0.00966. The van der Waals surface area contributed by atoms with E-state index in [-0.39, 0.29) is 0 Å². The van der Waals surface area contributed by atoms with Gasteiger partial charge in [0.2, 0.25) is 0 Å². The molecular formula is C12H14ClN3O. The predicted octanol–water partition coefficient (Wildman–Crippen LogP) is 1.98. The number of nitrogens with zero attached hydrogens (tertiary/aromatic N) is 3. The molecular weight excluding hydrogens is 238 g/mol. The summed E-state index contributed by atoms with van der Waals surface area (Å²) in [6.07, 6.45) is 3.63. The lowest BCUT2D eigenvalue weighted by Crippen LogP contribution is -2.64. The van der Waals surface area contributed by atoms with Gasteiger partial charge in [0.25, 0.3) is 0 Å². The van der Waals surface area contributed by atoms with Gasteiger partial charge in [-0.3, -0.25) is 0 Å². The molecule has 3 heterocycles. The third-order valence-electron chi connectivity index (χ3n) is 3.86. The Bertz CT molecular complexity index is 449. The third-order valence-corrected chi connectivity index (χ3v) is 4.05. The van der Waals surface area contributed by atoms with Gasteiger partial charge in [-0.1, -0.05) is 11.6 Å². The molecule has 0 spiro atoms. The van der Waals surface area contributed by atoms with E-state index in [0.29, 0.717) is 23.2 Å². The average molecular weight is 252 g/mol. The van der Waals surface area contributed by atoms with E-state index in [1.54, 1.807) is 0 Å². The summed E-state index contributed by atoms with van der Waals surface area (Å²) in [6.45, 7) is 1.63. The highest BCUT2D eigenvalue weighted by molar-refractivity contribution is 6.29. The van der Waals surface area contributed by atoms with E-state index in [2.05, 4.69) is 14.9 Å². The van der Waals surface area contributed by atoms with Crippen molar-refractivity contribution in [3.63, 3.8) is 0 Å². The molecule has 0 aromatic carbocycles. The van der Waals surface area contributed by atoms with Crippen LogP contribution in [0.1, 0.15) is 31.0 Å². The first-order chi connectivity index (χ1) is 8.31. The first kappa shape index (κ1) is 10.1. The second-order valence-corrected chi connectivity index (χ2v) is 5.56. The Morgan fingerprint density at radius 3 is 2.65 bits per heavy atom. The highest BCUT2D eigenvalue weighted by atomic mass is 35.5. The Balaban J connectivity index is 1.68. The zero-order chi connectivity index (χ0) is 11.4. The van der Waals surface area contributed by atoms with Gasteiger partial charge in [0.05, 0.1) is 25.3 Å². The maximum Gasteiger partial charge on any atom is 0.135 e. The molecule has 17 heavy (non-hydrogen) atoms. The number of morpholine rings is 1. The molecule has 0 unspecified atom stereocenters. The van der Waals surface area contributed by atoms with Gasteiger partial charge in [-0.15, -0.1) is 0 Å². The SMILES string of the molecule is Clc1cc(N2[C@H]3COC[C@H]2C3)nc(C2CC2)n1. The molecule has 1 aliphatic carbocycles. The van der Waals surface area contributed by atoms with Gasteiger partial charge >= 0.3 is 0 Å². The van der Waals surface area contributed by atoms with Crippen molar-refractivity contribution >= 4 is 17.4 Å². The summed E-state index contributed by atoms with van der Waals surface area (Å²) in [7, 11) is 0. The van der Waals surface area contributed by atoms with E-state index in [9.17, 15) is 0 Å². The van der Waals surface area contributed by atoms with Gasteiger partial charge in [0.1, 0.15) is 16.8 Å². The Kier molecular flexibility index (Phi) is 2.11. The first-order valence-corrected chi connectivity index (χ1v) is 6.59. The van der Waals surface area contributed by atoms with E-state index in [1.165, 1.54) is 19.3 Å². The maximum atomic E-state index is 6.09. The highest BCUT2D eigenvalue weighted by Gasteiger charge is 2.43. The summed E-state index contributed by atoms with van der Waals surface area (Å²) in [4.78, 5) is 11.4. The number of fused-ring (bicyclic) bond motifs is 2. The fourth-order valence-corrected chi connectivity index (χ4v) is 2.98. The third kappa shape index (κ3) is 1.62. The highest BCUT2D eigenvalue weighted by Crippen LogP contribution is 2.41. The molecule has 2 atom stereocenters. The number of aromatic nitrogens is 2. The Labute approximate surface area is 105 Å². The molecule has 5 heteroatoms. The second kappa shape index (κ2) is 3.56. The zero-order valence-electron chi connectivity index (χ0n) is 9.47. The zero-order valence-corrected chi connectivity index (χ0v) is 10.2. The van der Waals surface area contributed by atoms with Crippen LogP contribution in [0.25, 0.3) is 0 Å². The average Bonchev–Trinajstić information content (AvgIpc) is 3.12. The van der Waals surface area contributed by atoms with Crippen LogP contribution in [-0.4, -0.2) is 35.3 Å². The largest absolute Gasteiger partial charge is 0.377 e. The van der Waals surface area contributed by atoms with Crippen molar-refractivity contribution in [2.45, 2.75) is 37.3 Å². The number of halogens is 1. The monoisotopic (exact) mass is 251 g/mol. The number of anilines is 1. The summed E-state index contributed by atoms with van der Waals surface area (Å²) in [5.41, 5.74) is 0. The summed E-state index contributed by atoms with van der Waals surface area (Å²) in [5, 5.41) is 0.572. The van der Waals surface area contributed by atoms with E-state index >= 15 is 0 Å². The van der Waals surface area contributed by atoms with Crippen molar-refractivity contribution in [2.75, 3.05) is 18.1 Å². The summed E-state index contributed by atoms with van der Waals surface area (Å²) in [6, 6.07) is 2.87. The van der Waals surface area contributed by atoms with Crippen LogP contribution in [0.5, 0.6) is 0 Å². The molecule has 1 aromatic heterocycles. The smallest absolute Gasteiger partial charge is 0.135 e. The number of ether oxygens (including phenoxy) is 1. The minimum atomic E-state index is 0.492. The Morgan fingerprint density at radius 1 is 1.24 bits per heavy atom. The van der Waals surface area contributed by atoms with Gasteiger partial charge in [0, 0.05) is 12.0 Å². The Morgan fingerprint density at radius 2 is 2.00 bits per heavy atom. The molecule has 3 fully saturated rings. The molecule has 2 aliphatic heterocycles. The predicted molar refractivity (Wildman–Crippen MR) is 64.5 cm³/mol. The second-order valence-electron chi connectivity index (χ2n) is 5.17. The van der Waals surface area contributed by atoms with Crippen LogP contribution in [0.4, 0.5) is 5.82 Å². The van der Waals surface area contributed by atoms with Gasteiger partial charge in [-0.05, 0) is 19.3 Å². The minimum absolute atomic E-state index is 0.492. The lowest BCUT2D eigenvalue weighted by atomic mass is 9.91. The quantitative estimate of drug-likeness (QED) is 0.754. The molecule has 4 rings (SSSR count). The fourth-order valence-electron chi connectivity index (χ4n) is 2.79. The number of hydrogen-bond donors (Lipinski definition) is 0. The normalized spacial score (nSPS) is 31.2. The van der Waals surface area contributed by atoms with Crippen molar-refractivity contribution in [3.8, 4) is 0 Å². The standard InChI is InChI=1S/C12H14ClN3O/c13-10-4-11(15-12(14-10)7-1-2-7)16-8-3-9(16)6-17-5-8/h4,7-9H,1-3,5-6H2/t8-,9-/m1/s1. The maximum absolute atomic E-state index is 6.09. The summed E-state index contributed by atoms with van der Waals surface area (Å²) >= 11 is 6.09. The number of hydrogen-bond acceptors (Lipinski definition) is 4. The molecule has 2 saturated heterocycles. The first-order valence-electron chi connectivity index (χ1n) is 6.22. The van der Waals surface area contributed by atoms with E-state index in [0.717, 1.165) is 24.9 Å². The van der Waals surface area contributed by atoms with Gasteiger partial charge in [-0.25, -0.2) is 9.97 Å². The molecule has 4 nitrogen and oxygen atoms in total.